The van der Waals surface area contributed by atoms with Gasteiger partial charge in [0, 0.05) is 5.69 Å². The minimum Gasteiger partial charge on any atom is -0.497 e. The highest BCUT2D eigenvalue weighted by Crippen LogP contribution is 2.18. The predicted molar refractivity (Wildman–Crippen MR) is 96.0 cm³/mol. The molecule has 1 atom stereocenters. The summed E-state index contributed by atoms with van der Waals surface area (Å²) < 4.78 is 5.13. The lowest BCUT2D eigenvalue weighted by molar-refractivity contribution is 0.306. The van der Waals surface area contributed by atoms with Crippen LogP contribution in [0.15, 0.2) is 59.6 Å². The molecule has 0 saturated carbocycles. The second-order valence-corrected chi connectivity index (χ2v) is 5.47. The van der Waals surface area contributed by atoms with Crippen LogP contribution in [0.5, 0.6) is 5.75 Å². The molecule has 0 aliphatic carbocycles. The van der Waals surface area contributed by atoms with Crippen molar-refractivity contribution in [1.29, 1.82) is 0 Å². The lowest BCUT2D eigenvalue weighted by Crippen LogP contribution is -2.27. The number of ether oxygens (including phenoxy) is 1. The van der Waals surface area contributed by atoms with Gasteiger partial charge in [0.1, 0.15) is 5.75 Å². The van der Waals surface area contributed by atoms with E-state index in [4.69, 9.17) is 10.5 Å². The van der Waals surface area contributed by atoms with Crippen molar-refractivity contribution in [1.82, 2.24) is 4.90 Å². The van der Waals surface area contributed by atoms with E-state index in [2.05, 4.69) is 27.3 Å². The fourth-order valence-electron chi connectivity index (χ4n) is 2.29. The molecule has 0 aliphatic heterocycles. The van der Waals surface area contributed by atoms with Crippen LogP contribution >= 0.6 is 0 Å². The summed E-state index contributed by atoms with van der Waals surface area (Å²) in [6, 6.07) is 18.0. The molecule has 0 bridgehead atoms. The summed E-state index contributed by atoms with van der Waals surface area (Å²) in [5.41, 5.74) is 8.10. The van der Waals surface area contributed by atoms with Gasteiger partial charge in [-0.1, -0.05) is 30.3 Å². The Hall–Kier alpha value is -2.53. The highest BCUT2D eigenvalue weighted by Gasteiger charge is 2.13. The monoisotopic (exact) mass is 312 g/mol. The molecule has 0 amide bonds. The molecule has 3 N–H and O–H groups in total. The Kier molecular flexibility index (Phi) is 6.00. The van der Waals surface area contributed by atoms with Gasteiger partial charge < -0.3 is 20.7 Å². The number of hydrogen-bond acceptors (Lipinski definition) is 3. The predicted octanol–water partition coefficient (Wildman–Crippen LogP) is 2.72. The van der Waals surface area contributed by atoms with Crippen molar-refractivity contribution in [3.63, 3.8) is 0 Å². The molecule has 5 nitrogen and oxygen atoms in total. The van der Waals surface area contributed by atoms with Crippen LogP contribution in [0.2, 0.25) is 0 Å². The zero-order valence-corrected chi connectivity index (χ0v) is 13.9. The molecular weight excluding hydrogens is 288 g/mol. The van der Waals surface area contributed by atoms with Gasteiger partial charge in [-0.05, 0) is 43.9 Å². The number of methoxy groups -OCH3 is 1. The van der Waals surface area contributed by atoms with Crippen molar-refractivity contribution >= 4 is 11.6 Å². The average Bonchev–Trinajstić information content (AvgIpc) is 2.56. The average molecular weight is 312 g/mol. The van der Waals surface area contributed by atoms with Crippen LogP contribution in [0.4, 0.5) is 5.69 Å². The molecule has 2 aromatic carbocycles. The van der Waals surface area contributed by atoms with E-state index in [1.807, 2.05) is 56.6 Å². The van der Waals surface area contributed by atoms with Gasteiger partial charge in [-0.2, -0.15) is 0 Å². The van der Waals surface area contributed by atoms with E-state index in [0.29, 0.717) is 12.5 Å². The Labute approximate surface area is 137 Å². The third-order valence-electron chi connectivity index (χ3n) is 3.60. The van der Waals surface area contributed by atoms with Gasteiger partial charge >= 0.3 is 0 Å². The molecule has 1 unspecified atom stereocenters. The zero-order valence-electron chi connectivity index (χ0n) is 13.9. The fourth-order valence-corrected chi connectivity index (χ4v) is 2.29. The number of rotatable bonds is 6. The molecule has 0 aromatic heterocycles. The van der Waals surface area contributed by atoms with E-state index in [1.165, 1.54) is 5.56 Å². The van der Waals surface area contributed by atoms with Crippen molar-refractivity contribution in [2.24, 2.45) is 10.7 Å². The number of aliphatic imine (C=N–C) groups is 1. The smallest absolute Gasteiger partial charge is 0.193 e. The fraction of sp³-hybridized carbons (Fsp3) is 0.278. The number of guanidine groups is 1. The third-order valence-corrected chi connectivity index (χ3v) is 3.60. The van der Waals surface area contributed by atoms with Gasteiger partial charge in [0.05, 0.1) is 19.7 Å². The van der Waals surface area contributed by atoms with Crippen LogP contribution in [0, 0.1) is 0 Å². The lowest BCUT2D eigenvalue weighted by atomic mass is 10.1. The highest BCUT2D eigenvalue weighted by atomic mass is 16.5. The summed E-state index contributed by atoms with van der Waals surface area (Å²) in [5, 5.41) is 3.09. The molecule has 0 radical (unpaired) electrons. The van der Waals surface area contributed by atoms with Gasteiger partial charge in [-0.15, -0.1) is 0 Å². The van der Waals surface area contributed by atoms with Gasteiger partial charge in [-0.25, -0.2) is 0 Å². The Morgan fingerprint density at radius 3 is 2.35 bits per heavy atom. The van der Waals surface area contributed by atoms with E-state index in [-0.39, 0.29) is 6.04 Å². The summed E-state index contributed by atoms with van der Waals surface area (Å²) in [4.78, 5) is 6.61. The van der Waals surface area contributed by atoms with Crippen LogP contribution in [-0.4, -0.2) is 38.6 Å². The maximum absolute atomic E-state index is 5.99. The Morgan fingerprint density at radius 2 is 1.78 bits per heavy atom. The van der Waals surface area contributed by atoms with Crippen LogP contribution < -0.4 is 15.8 Å². The molecule has 5 heteroatoms. The van der Waals surface area contributed by atoms with Crippen LogP contribution in [-0.2, 0) is 0 Å². The standard InChI is InChI=1S/C18H24N4O/c1-22(2)17(14-7-5-4-6-8-14)13-20-18(19)21-15-9-11-16(23-3)12-10-15/h4-12,17H,13H2,1-3H3,(H3,19,20,21). The van der Waals surface area contributed by atoms with Crippen LogP contribution in [0.1, 0.15) is 11.6 Å². The van der Waals surface area contributed by atoms with Gasteiger partial charge in [-0.3, -0.25) is 4.99 Å². The van der Waals surface area contributed by atoms with E-state index in [1.54, 1.807) is 7.11 Å². The number of likely N-dealkylation sites (N-methyl/N-ethyl adjacent to an activating group) is 1. The molecule has 0 fully saturated rings. The summed E-state index contributed by atoms with van der Waals surface area (Å²) in [6.45, 7) is 0.589. The van der Waals surface area contributed by atoms with Gasteiger partial charge in [0.15, 0.2) is 5.96 Å². The Balaban J connectivity index is 2.01. The molecule has 122 valence electrons. The molecule has 0 spiro atoms. The largest absolute Gasteiger partial charge is 0.497 e. The minimum absolute atomic E-state index is 0.187. The summed E-state index contributed by atoms with van der Waals surface area (Å²) in [6.07, 6.45) is 0. The first-order chi connectivity index (χ1) is 11.1. The number of hydrogen-bond donors (Lipinski definition) is 2. The lowest BCUT2D eigenvalue weighted by Gasteiger charge is -2.23. The maximum atomic E-state index is 5.99. The van der Waals surface area contributed by atoms with E-state index in [9.17, 15) is 0 Å². The van der Waals surface area contributed by atoms with E-state index < -0.39 is 0 Å². The SMILES string of the molecule is COc1ccc(NC(N)=NCC(c2ccccc2)N(C)C)cc1. The summed E-state index contributed by atoms with van der Waals surface area (Å²) >= 11 is 0. The summed E-state index contributed by atoms with van der Waals surface area (Å²) in [7, 11) is 5.73. The van der Waals surface area contributed by atoms with E-state index >= 15 is 0 Å². The quantitative estimate of drug-likeness (QED) is 0.636. The first-order valence-electron chi connectivity index (χ1n) is 7.52. The number of nitrogens with two attached hydrogens (primary N) is 1. The molecule has 0 aliphatic rings. The Bertz CT molecular complexity index is 623. The molecule has 23 heavy (non-hydrogen) atoms. The van der Waals surface area contributed by atoms with Crippen molar-refractivity contribution in [2.45, 2.75) is 6.04 Å². The highest BCUT2D eigenvalue weighted by molar-refractivity contribution is 5.92. The molecule has 2 aromatic rings. The Morgan fingerprint density at radius 1 is 1.13 bits per heavy atom. The van der Waals surface area contributed by atoms with Crippen molar-refractivity contribution in [3.8, 4) is 5.75 Å². The first kappa shape index (κ1) is 16.8. The number of benzene rings is 2. The molecule has 0 saturated heterocycles. The summed E-state index contributed by atoms with van der Waals surface area (Å²) in [5.74, 6) is 1.21. The number of anilines is 1. The van der Waals surface area contributed by atoms with Crippen molar-refractivity contribution in [3.05, 3.63) is 60.2 Å². The van der Waals surface area contributed by atoms with Crippen LogP contribution in [0.3, 0.4) is 0 Å². The zero-order chi connectivity index (χ0) is 16.7. The van der Waals surface area contributed by atoms with Crippen molar-refractivity contribution in [2.75, 3.05) is 33.1 Å². The molecule has 2 rings (SSSR count). The van der Waals surface area contributed by atoms with Gasteiger partial charge in [0.25, 0.3) is 0 Å². The van der Waals surface area contributed by atoms with Crippen molar-refractivity contribution < 1.29 is 4.74 Å². The second-order valence-electron chi connectivity index (χ2n) is 5.47. The molecule has 0 heterocycles. The molecular formula is C18H24N4O. The van der Waals surface area contributed by atoms with Gasteiger partial charge in [0.2, 0.25) is 0 Å². The number of nitrogens with one attached hydrogen (secondary N) is 1. The third kappa shape index (κ3) is 5.00. The maximum Gasteiger partial charge on any atom is 0.193 e. The first-order valence-corrected chi connectivity index (χ1v) is 7.52. The normalized spacial score (nSPS) is 13.0. The van der Waals surface area contributed by atoms with E-state index in [0.717, 1.165) is 11.4 Å². The number of nitrogens with zero attached hydrogens (tertiary/aromatic N) is 2. The topological polar surface area (TPSA) is 62.9 Å². The second kappa shape index (κ2) is 8.19. The minimum atomic E-state index is 0.187. The van der Waals surface area contributed by atoms with Crippen LogP contribution in [0.25, 0.3) is 0 Å².